The zero-order valence-electron chi connectivity index (χ0n) is 20.0. The van der Waals surface area contributed by atoms with E-state index in [9.17, 15) is 30.0 Å². The molecular formula is C26H25N5O6-2. The van der Waals surface area contributed by atoms with E-state index in [1.54, 1.807) is 60.8 Å². The van der Waals surface area contributed by atoms with Crippen molar-refractivity contribution in [2.24, 2.45) is 10.8 Å². The van der Waals surface area contributed by atoms with E-state index in [1.165, 1.54) is 29.2 Å². The van der Waals surface area contributed by atoms with Gasteiger partial charge in [-0.25, -0.2) is 0 Å². The first-order valence-electron chi connectivity index (χ1n) is 11.7. The van der Waals surface area contributed by atoms with E-state index < -0.39 is 53.7 Å². The third-order valence-electron chi connectivity index (χ3n) is 7.71. The van der Waals surface area contributed by atoms with Gasteiger partial charge >= 0.3 is 0 Å². The van der Waals surface area contributed by atoms with Crippen molar-refractivity contribution >= 4 is 11.9 Å². The molecule has 2 saturated heterocycles. The van der Waals surface area contributed by atoms with Crippen LogP contribution in [0.2, 0.25) is 0 Å². The number of fused-ring (bicyclic) bond motifs is 2. The summed E-state index contributed by atoms with van der Waals surface area (Å²) in [6.07, 6.45) is 4.47. The Bertz CT molecular complexity index is 1220. The first kappa shape index (κ1) is 24.9. The van der Waals surface area contributed by atoms with Gasteiger partial charge in [0.05, 0.1) is 51.9 Å². The van der Waals surface area contributed by atoms with Gasteiger partial charge in [0.25, 0.3) is 0 Å². The number of carboxylic acid groups (broad SMARTS) is 2. The van der Waals surface area contributed by atoms with Crippen LogP contribution in [0, 0.1) is 10.8 Å². The Kier molecular flexibility index (Phi) is 6.03. The van der Waals surface area contributed by atoms with Crippen molar-refractivity contribution in [3.63, 3.8) is 0 Å². The number of hydrogen-bond donors (Lipinski definition) is 2. The van der Waals surface area contributed by atoms with Crippen molar-refractivity contribution in [1.29, 1.82) is 0 Å². The molecule has 4 unspecified atom stereocenters. The number of carbonyl (C=O) groups excluding carboxylic acids is 2. The molecule has 2 N–H and O–H groups in total. The molecule has 2 bridgehead atoms. The predicted molar refractivity (Wildman–Crippen MR) is 123 cm³/mol. The molecule has 4 atom stereocenters. The van der Waals surface area contributed by atoms with Crippen LogP contribution in [-0.2, 0) is 16.1 Å². The predicted octanol–water partition coefficient (Wildman–Crippen LogP) is -1.73. The third-order valence-corrected chi connectivity index (χ3v) is 7.71. The quantitative estimate of drug-likeness (QED) is 0.367. The number of piperidine rings is 2. The van der Waals surface area contributed by atoms with E-state index in [1.807, 2.05) is 0 Å². The van der Waals surface area contributed by atoms with Crippen LogP contribution in [0.5, 0.6) is 0 Å². The lowest BCUT2D eigenvalue weighted by molar-refractivity contribution is -0.425. The Hall–Kier alpha value is -3.77. The molecular weight excluding hydrogens is 478 g/mol. The van der Waals surface area contributed by atoms with Gasteiger partial charge in [0.2, 0.25) is 0 Å². The summed E-state index contributed by atoms with van der Waals surface area (Å²) in [7, 11) is 1.53. The SMILES string of the molecule is CN1C(c2ccccn2)C2(C(=O)[O-])CN(Cc3ccccn3)CC(C(=O)[O-])(C1c1ccccn1)C2(O)O. The molecule has 5 rings (SSSR count). The molecule has 3 aromatic rings. The second-order valence-corrected chi connectivity index (χ2v) is 9.64. The Labute approximate surface area is 212 Å². The summed E-state index contributed by atoms with van der Waals surface area (Å²) in [6, 6.07) is 12.2. The smallest absolute Gasteiger partial charge is 0.191 e. The number of nitrogens with zero attached hydrogens (tertiary/aromatic N) is 5. The number of aromatic nitrogens is 3. The number of rotatable bonds is 6. The minimum Gasteiger partial charge on any atom is -0.549 e. The van der Waals surface area contributed by atoms with E-state index in [-0.39, 0.29) is 17.9 Å². The molecule has 3 aromatic heterocycles. The summed E-state index contributed by atoms with van der Waals surface area (Å²) in [5, 5.41) is 49.9. The fourth-order valence-electron chi connectivity index (χ4n) is 6.25. The molecule has 11 nitrogen and oxygen atoms in total. The average Bonchev–Trinajstić information content (AvgIpc) is 2.87. The minimum atomic E-state index is -3.32. The van der Waals surface area contributed by atoms with Crippen molar-refractivity contribution in [2.75, 3.05) is 20.1 Å². The highest BCUT2D eigenvalue weighted by atomic mass is 16.5. The number of likely N-dealkylation sites (tertiary alicyclic amines) is 2. The Morgan fingerprint density at radius 2 is 1.30 bits per heavy atom. The van der Waals surface area contributed by atoms with Gasteiger partial charge in [0, 0.05) is 38.2 Å². The van der Waals surface area contributed by atoms with Crippen molar-refractivity contribution in [3.8, 4) is 0 Å². The summed E-state index contributed by atoms with van der Waals surface area (Å²) >= 11 is 0. The van der Waals surface area contributed by atoms with E-state index >= 15 is 0 Å². The van der Waals surface area contributed by atoms with Crippen molar-refractivity contribution in [1.82, 2.24) is 24.8 Å². The van der Waals surface area contributed by atoms with Crippen LogP contribution in [0.15, 0.2) is 73.2 Å². The molecule has 2 fully saturated rings. The summed E-state index contributed by atoms with van der Waals surface area (Å²) in [5.41, 5.74) is -4.14. The van der Waals surface area contributed by atoms with Gasteiger partial charge < -0.3 is 30.0 Å². The molecule has 2 aliphatic heterocycles. The van der Waals surface area contributed by atoms with Crippen molar-refractivity contribution < 1.29 is 30.0 Å². The monoisotopic (exact) mass is 503 g/mol. The van der Waals surface area contributed by atoms with E-state index in [0.717, 1.165) is 0 Å². The maximum absolute atomic E-state index is 13.1. The summed E-state index contributed by atoms with van der Waals surface area (Å²) in [5.74, 6) is -6.97. The van der Waals surface area contributed by atoms with E-state index in [2.05, 4.69) is 15.0 Å². The van der Waals surface area contributed by atoms with Gasteiger partial charge in [-0.2, -0.15) is 0 Å². The third kappa shape index (κ3) is 3.46. The van der Waals surface area contributed by atoms with Gasteiger partial charge in [0.15, 0.2) is 5.79 Å². The summed E-state index contributed by atoms with van der Waals surface area (Å²) in [6.45, 7) is -0.850. The first-order valence-corrected chi connectivity index (χ1v) is 11.7. The standard InChI is InChI=1S/C26H27N5O6/c1-30-20(18-9-3-6-12-28-18)24(22(32)33)15-31(14-17-8-2-5-11-27-17)16-25(23(34)35,26(24,36)37)21(30)19-10-4-7-13-29-19/h2-13,20-21,36-37H,14-16H2,1H3,(H,32,33)(H,34,35)/p-2. The average molecular weight is 504 g/mol. The van der Waals surface area contributed by atoms with Crippen LogP contribution < -0.4 is 10.2 Å². The molecule has 0 spiro atoms. The first-order chi connectivity index (χ1) is 17.7. The highest BCUT2D eigenvalue weighted by Crippen LogP contribution is 2.65. The fraction of sp³-hybridized carbons (Fsp3) is 0.346. The lowest BCUT2D eigenvalue weighted by Gasteiger charge is -2.70. The zero-order valence-corrected chi connectivity index (χ0v) is 20.0. The molecule has 0 aliphatic carbocycles. The number of carbonyl (C=O) groups is 2. The number of aliphatic hydroxyl groups is 2. The maximum Gasteiger partial charge on any atom is 0.191 e. The lowest BCUT2D eigenvalue weighted by atomic mass is 9.51. The largest absolute Gasteiger partial charge is 0.549 e. The molecule has 37 heavy (non-hydrogen) atoms. The van der Waals surface area contributed by atoms with Crippen LogP contribution in [-0.4, -0.2) is 72.8 Å². The Morgan fingerprint density at radius 3 is 1.68 bits per heavy atom. The fourth-order valence-corrected chi connectivity index (χ4v) is 6.25. The highest BCUT2D eigenvalue weighted by molar-refractivity contribution is 5.83. The van der Waals surface area contributed by atoms with Crippen LogP contribution in [0.1, 0.15) is 29.2 Å². The molecule has 192 valence electrons. The molecule has 0 aromatic carbocycles. The number of carboxylic acids is 2. The van der Waals surface area contributed by atoms with Gasteiger partial charge in [-0.3, -0.25) is 24.8 Å². The number of aliphatic carboxylic acids is 2. The number of hydrogen-bond acceptors (Lipinski definition) is 11. The summed E-state index contributed by atoms with van der Waals surface area (Å²) in [4.78, 5) is 42.1. The topological polar surface area (TPSA) is 166 Å². The van der Waals surface area contributed by atoms with E-state index in [4.69, 9.17) is 0 Å². The van der Waals surface area contributed by atoms with E-state index in [0.29, 0.717) is 5.69 Å². The minimum absolute atomic E-state index is 0.0502. The Morgan fingerprint density at radius 1 is 0.838 bits per heavy atom. The molecule has 5 heterocycles. The summed E-state index contributed by atoms with van der Waals surface area (Å²) < 4.78 is 0. The van der Waals surface area contributed by atoms with Gasteiger partial charge in [0.1, 0.15) is 0 Å². The normalized spacial score (nSPS) is 29.5. The highest BCUT2D eigenvalue weighted by Gasteiger charge is 2.77. The van der Waals surface area contributed by atoms with Crippen LogP contribution in [0.3, 0.4) is 0 Å². The second kappa shape index (κ2) is 8.96. The molecule has 0 radical (unpaired) electrons. The Balaban J connectivity index is 1.81. The molecule has 2 aliphatic rings. The van der Waals surface area contributed by atoms with Gasteiger partial charge in [-0.05, 0) is 43.4 Å². The van der Waals surface area contributed by atoms with Crippen LogP contribution in [0.4, 0.5) is 0 Å². The van der Waals surface area contributed by atoms with Crippen molar-refractivity contribution in [3.05, 3.63) is 90.3 Å². The second-order valence-electron chi connectivity index (χ2n) is 9.64. The molecule has 0 saturated carbocycles. The van der Waals surface area contributed by atoms with Gasteiger partial charge in [-0.15, -0.1) is 0 Å². The van der Waals surface area contributed by atoms with Crippen LogP contribution in [0.25, 0.3) is 0 Å². The van der Waals surface area contributed by atoms with Gasteiger partial charge in [-0.1, -0.05) is 18.2 Å². The zero-order chi connectivity index (χ0) is 26.4. The molecule has 0 amide bonds. The number of pyridine rings is 3. The maximum atomic E-state index is 13.1. The molecule has 11 heteroatoms. The van der Waals surface area contributed by atoms with Crippen LogP contribution >= 0.6 is 0 Å². The van der Waals surface area contributed by atoms with Crippen molar-refractivity contribution in [2.45, 2.75) is 24.4 Å². The lowest BCUT2D eigenvalue weighted by Crippen LogP contribution is -2.85.